The Hall–Kier alpha value is -3.47. The first-order valence-corrected chi connectivity index (χ1v) is 10.3. The minimum absolute atomic E-state index is 0.110. The van der Waals surface area contributed by atoms with Crippen molar-refractivity contribution in [2.24, 2.45) is 0 Å². The van der Waals surface area contributed by atoms with Crippen LogP contribution in [0.1, 0.15) is 22.3 Å². The molecule has 3 aromatic carbocycles. The molecule has 1 atom stereocenters. The number of rotatable bonds is 8. The van der Waals surface area contributed by atoms with Gasteiger partial charge in [0.1, 0.15) is 11.9 Å². The second-order valence-electron chi connectivity index (χ2n) is 7.60. The lowest BCUT2D eigenvalue weighted by Crippen LogP contribution is -2.50. The number of aryl methyl sites for hydroxylation is 1. The Morgan fingerprint density at radius 3 is 2.29 bits per heavy atom. The first kappa shape index (κ1) is 22.2. The molecular formula is C26H27FN2O2. The van der Waals surface area contributed by atoms with E-state index >= 15 is 0 Å². The number of amides is 2. The van der Waals surface area contributed by atoms with Gasteiger partial charge in [-0.25, -0.2) is 4.39 Å². The average molecular weight is 419 g/mol. The van der Waals surface area contributed by atoms with Crippen LogP contribution in [-0.4, -0.2) is 29.8 Å². The highest BCUT2D eigenvalue weighted by molar-refractivity contribution is 5.88. The van der Waals surface area contributed by atoms with Crippen LogP contribution in [0, 0.1) is 12.7 Å². The first-order valence-electron chi connectivity index (χ1n) is 10.3. The molecule has 3 rings (SSSR count). The van der Waals surface area contributed by atoms with Crippen molar-refractivity contribution in [3.05, 3.63) is 107 Å². The molecule has 0 spiro atoms. The van der Waals surface area contributed by atoms with Crippen LogP contribution in [0.5, 0.6) is 0 Å². The number of hydrogen-bond donors (Lipinski definition) is 1. The highest BCUT2D eigenvalue weighted by Gasteiger charge is 2.30. The second-order valence-corrected chi connectivity index (χ2v) is 7.60. The van der Waals surface area contributed by atoms with Crippen molar-refractivity contribution < 1.29 is 14.0 Å². The lowest BCUT2D eigenvalue weighted by atomic mass is 10.0. The fourth-order valence-corrected chi connectivity index (χ4v) is 3.63. The van der Waals surface area contributed by atoms with E-state index in [9.17, 15) is 14.0 Å². The van der Waals surface area contributed by atoms with Crippen LogP contribution >= 0.6 is 0 Å². The molecule has 0 bridgehead atoms. The molecule has 0 aliphatic heterocycles. The summed E-state index contributed by atoms with van der Waals surface area (Å²) in [5.41, 5.74) is 3.25. The lowest BCUT2D eigenvalue weighted by Gasteiger charge is -2.31. The zero-order valence-electron chi connectivity index (χ0n) is 17.8. The van der Waals surface area contributed by atoms with E-state index in [0.717, 1.165) is 16.7 Å². The van der Waals surface area contributed by atoms with Gasteiger partial charge in [-0.1, -0.05) is 78.4 Å². The lowest BCUT2D eigenvalue weighted by molar-refractivity contribution is -0.140. The van der Waals surface area contributed by atoms with E-state index in [0.29, 0.717) is 12.0 Å². The van der Waals surface area contributed by atoms with Crippen molar-refractivity contribution >= 4 is 11.8 Å². The quantitative estimate of drug-likeness (QED) is 0.600. The Bertz CT molecular complexity index is 1040. The maximum atomic E-state index is 14.2. The van der Waals surface area contributed by atoms with Crippen LogP contribution in [0.4, 0.5) is 4.39 Å². The Labute approximate surface area is 182 Å². The summed E-state index contributed by atoms with van der Waals surface area (Å²) in [6.07, 6.45) is 0.260. The molecule has 0 saturated carbocycles. The molecule has 0 saturated heterocycles. The third-order valence-electron chi connectivity index (χ3n) is 5.25. The smallest absolute Gasteiger partial charge is 0.242 e. The molecule has 1 N–H and O–H groups in total. The number of nitrogens with one attached hydrogen (secondary N) is 1. The van der Waals surface area contributed by atoms with Crippen molar-refractivity contribution in [3.63, 3.8) is 0 Å². The molecule has 0 aromatic heterocycles. The van der Waals surface area contributed by atoms with Crippen LogP contribution in [0.15, 0.2) is 78.9 Å². The van der Waals surface area contributed by atoms with E-state index in [1.165, 1.54) is 6.07 Å². The summed E-state index contributed by atoms with van der Waals surface area (Å²) in [6, 6.07) is 22.9. The van der Waals surface area contributed by atoms with Crippen molar-refractivity contribution in [3.8, 4) is 0 Å². The van der Waals surface area contributed by atoms with Gasteiger partial charge < -0.3 is 10.2 Å². The fraction of sp³-hybridized carbons (Fsp3) is 0.231. The molecule has 1 unspecified atom stereocenters. The van der Waals surface area contributed by atoms with Crippen LogP contribution < -0.4 is 5.32 Å². The van der Waals surface area contributed by atoms with E-state index in [2.05, 4.69) is 5.32 Å². The van der Waals surface area contributed by atoms with Crippen LogP contribution in [-0.2, 0) is 29.0 Å². The van der Waals surface area contributed by atoms with Crippen molar-refractivity contribution in [2.45, 2.75) is 32.4 Å². The predicted octanol–water partition coefficient (Wildman–Crippen LogP) is 4.06. The van der Waals surface area contributed by atoms with Crippen molar-refractivity contribution in [1.29, 1.82) is 0 Å². The minimum atomic E-state index is -0.716. The van der Waals surface area contributed by atoms with Gasteiger partial charge in [0.2, 0.25) is 11.8 Å². The summed E-state index contributed by atoms with van der Waals surface area (Å²) in [6.45, 7) is 2.25. The normalized spacial score (nSPS) is 11.6. The van der Waals surface area contributed by atoms with Gasteiger partial charge in [-0.05, 0) is 29.7 Å². The highest BCUT2D eigenvalue weighted by Crippen LogP contribution is 2.18. The van der Waals surface area contributed by atoms with Crippen LogP contribution in [0.3, 0.4) is 0 Å². The SMILES string of the molecule is CNC(=O)C(Cc1ccccc1)N(Cc1cccc(C)c1)C(=O)Cc1ccccc1F. The maximum Gasteiger partial charge on any atom is 0.242 e. The summed E-state index contributed by atoms with van der Waals surface area (Å²) in [5, 5.41) is 2.69. The van der Waals surface area contributed by atoms with Crippen molar-refractivity contribution in [1.82, 2.24) is 10.2 Å². The second kappa shape index (κ2) is 10.5. The molecule has 0 aliphatic carbocycles. The van der Waals surface area contributed by atoms with E-state index in [1.807, 2.05) is 61.5 Å². The number of carbonyl (C=O) groups is 2. The van der Waals surface area contributed by atoms with E-state index in [4.69, 9.17) is 0 Å². The Balaban J connectivity index is 1.95. The van der Waals surface area contributed by atoms with Gasteiger partial charge in [0, 0.05) is 20.0 Å². The van der Waals surface area contributed by atoms with Gasteiger partial charge in [-0.15, -0.1) is 0 Å². The summed E-state index contributed by atoms with van der Waals surface area (Å²) in [5.74, 6) is -0.972. The Kier molecular flexibility index (Phi) is 7.55. The zero-order valence-corrected chi connectivity index (χ0v) is 17.8. The summed E-state index contributed by atoms with van der Waals surface area (Å²) < 4.78 is 14.2. The van der Waals surface area contributed by atoms with Gasteiger partial charge in [-0.3, -0.25) is 9.59 Å². The molecule has 0 fully saturated rings. The number of benzene rings is 3. The molecule has 2 amide bonds. The molecule has 3 aromatic rings. The maximum absolute atomic E-state index is 14.2. The van der Waals surface area contributed by atoms with Gasteiger partial charge >= 0.3 is 0 Å². The number of nitrogens with zero attached hydrogens (tertiary/aromatic N) is 1. The third-order valence-corrected chi connectivity index (χ3v) is 5.25. The summed E-state index contributed by atoms with van der Waals surface area (Å²) >= 11 is 0. The van der Waals surface area contributed by atoms with Gasteiger partial charge in [-0.2, -0.15) is 0 Å². The Morgan fingerprint density at radius 1 is 0.935 bits per heavy atom. The molecule has 31 heavy (non-hydrogen) atoms. The number of hydrogen-bond acceptors (Lipinski definition) is 2. The molecule has 160 valence electrons. The van der Waals surface area contributed by atoms with E-state index in [-0.39, 0.29) is 24.8 Å². The van der Waals surface area contributed by atoms with E-state index in [1.54, 1.807) is 30.1 Å². The average Bonchev–Trinajstić information content (AvgIpc) is 2.78. The highest BCUT2D eigenvalue weighted by atomic mass is 19.1. The van der Waals surface area contributed by atoms with Gasteiger partial charge in [0.15, 0.2) is 0 Å². The molecule has 0 aliphatic rings. The fourth-order valence-electron chi connectivity index (χ4n) is 3.63. The minimum Gasteiger partial charge on any atom is -0.357 e. The molecule has 0 radical (unpaired) electrons. The molecule has 5 heteroatoms. The van der Waals surface area contributed by atoms with Gasteiger partial charge in [0.05, 0.1) is 6.42 Å². The number of likely N-dealkylation sites (N-methyl/N-ethyl adjacent to an activating group) is 1. The third kappa shape index (κ3) is 6.01. The Morgan fingerprint density at radius 2 is 1.61 bits per heavy atom. The predicted molar refractivity (Wildman–Crippen MR) is 120 cm³/mol. The van der Waals surface area contributed by atoms with E-state index < -0.39 is 11.9 Å². The number of carbonyl (C=O) groups excluding carboxylic acids is 2. The monoisotopic (exact) mass is 418 g/mol. The van der Waals surface area contributed by atoms with Gasteiger partial charge in [0.25, 0.3) is 0 Å². The zero-order chi connectivity index (χ0) is 22.2. The molecular weight excluding hydrogens is 391 g/mol. The largest absolute Gasteiger partial charge is 0.357 e. The summed E-state index contributed by atoms with van der Waals surface area (Å²) in [7, 11) is 1.56. The van der Waals surface area contributed by atoms with Crippen LogP contribution in [0.2, 0.25) is 0 Å². The topological polar surface area (TPSA) is 49.4 Å². The molecule has 4 nitrogen and oxygen atoms in total. The molecule has 0 heterocycles. The first-order chi connectivity index (χ1) is 15.0. The summed E-state index contributed by atoms with van der Waals surface area (Å²) in [4.78, 5) is 27.8. The standard InChI is InChI=1S/C26H27FN2O2/c1-19-9-8-12-21(15-19)18-29(25(30)17-22-13-6-7-14-23(22)27)24(26(31)28-2)16-20-10-4-3-5-11-20/h3-15,24H,16-18H2,1-2H3,(H,28,31). The number of halogens is 1. The van der Waals surface area contributed by atoms with Crippen molar-refractivity contribution in [2.75, 3.05) is 7.05 Å². The van der Waals surface area contributed by atoms with Crippen LogP contribution in [0.25, 0.3) is 0 Å².